The number of carbonyl (C=O) groups is 1. The van der Waals surface area contributed by atoms with Crippen molar-refractivity contribution >= 4 is 49.2 Å². The van der Waals surface area contributed by atoms with E-state index in [9.17, 15) is 22.0 Å². The number of rotatable bonds is 6. The Morgan fingerprint density at radius 2 is 2.05 bits per heavy atom. The Kier molecular flexibility index (Phi) is 5.76. The summed E-state index contributed by atoms with van der Waals surface area (Å²) in [6, 6.07) is 2.24. The summed E-state index contributed by atoms with van der Waals surface area (Å²) in [5, 5.41) is 6.95. The molecule has 0 spiro atoms. The molecule has 0 radical (unpaired) electrons. The van der Waals surface area contributed by atoms with Crippen LogP contribution in [0.1, 0.15) is 6.92 Å². The predicted molar refractivity (Wildman–Crippen MR) is 75.4 cm³/mol. The summed E-state index contributed by atoms with van der Waals surface area (Å²) in [7, 11) is -4.36. The van der Waals surface area contributed by atoms with Crippen molar-refractivity contribution in [3.05, 3.63) is 21.6 Å². The number of ether oxygens (including phenoxy) is 1. The van der Waals surface area contributed by atoms with Crippen molar-refractivity contribution < 1.29 is 31.8 Å². The maximum atomic E-state index is 12.4. The molecule has 0 aliphatic carbocycles. The molecule has 0 bridgehead atoms. The number of carboxylic acids is 1. The molecular weight excluding hydrogens is 400 g/mol. The van der Waals surface area contributed by atoms with E-state index in [1.807, 2.05) is 4.72 Å². The van der Waals surface area contributed by atoms with Gasteiger partial charge in [0.15, 0.2) is 11.0 Å². The Morgan fingerprint density at radius 3 is 2.52 bits per heavy atom. The minimum absolute atomic E-state index is 0.0176. The molecule has 0 amide bonds. The number of sulfonamides is 1. The van der Waals surface area contributed by atoms with Crippen LogP contribution in [0.15, 0.2) is 16.6 Å². The normalized spacial score (nSPS) is 13.0. The molecule has 6 nitrogen and oxygen atoms in total. The van der Waals surface area contributed by atoms with Gasteiger partial charge in [-0.3, -0.25) is 9.52 Å². The fourth-order valence-electron chi connectivity index (χ4n) is 1.22. The molecule has 1 atom stereocenters. The molecule has 1 aromatic rings. The monoisotopic (exact) mass is 407 g/mol. The van der Waals surface area contributed by atoms with E-state index in [1.54, 1.807) is 0 Å². The lowest BCUT2D eigenvalue weighted by molar-refractivity contribution is -0.136. The van der Waals surface area contributed by atoms with Crippen LogP contribution in [0.4, 0.5) is 14.5 Å². The first kappa shape index (κ1) is 17.9. The first-order valence-electron chi connectivity index (χ1n) is 5.23. The van der Waals surface area contributed by atoms with Crippen LogP contribution < -0.4 is 9.46 Å². The predicted octanol–water partition coefficient (Wildman–Crippen LogP) is 2.92. The number of nitrogens with one attached hydrogen (secondary N) is 1. The van der Waals surface area contributed by atoms with Crippen molar-refractivity contribution in [2.75, 3.05) is 4.72 Å². The van der Waals surface area contributed by atoms with Crippen molar-refractivity contribution in [3.63, 3.8) is 0 Å². The molecule has 21 heavy (non-hydrogen) atoms. The molecular formula is C10H9BrClF2NO5S. The van der Waals surface area contributed by atoms with E-state index in [2.05, 4.69) is 20.7 Å². The Balaban J connectivity index is 3.27. The standard InChI is InChI=1S/C10H9BrClF2NO5S/c1-4(9(16)17)21(18,19)15-7-3-5(12)2-6(11)8(7)20-10(13)14/h2-4,10,15H,1H3,(H,16,17). The maximum Gasteiger partial charge on any atom is 0.387 e. The van der Waals surface area contributed by atoms with Gasteiger partial charge in [-0.05, 0) is 35.0 Å². The van der Waals surface area contributed by atoms with E-state index < -0.39 is 39.3 Å². The summed E-state index contributed by atoms with van der Waals surface area (Å²) in [4.78, 5) is 10.7. The lowest BCUT2D eigenvalue weighted by atomic mass is 10.3. The van der Waals surface area contributed by atoms with Gasteiger partial charge in [0.05, 0.1) is 10.2 Å². The first-order chi connectivity index (χ1) is 9.54. The fourth-order valence-corrected chi connectivity index (χ4v) is 3.02. The van der Waals surface area contributed by atoms with Crippen LogP contribution in [0.25, 0.3) is 0 Å². The van der Waals surface area contributed by atoms with Crippen LogP contribution in [-0.4, -0.2) is 31.4 Å². The van der Waals surface area contributed by atoms with Crippen LogP contribution >= 0.6 is 27.5 Å². The number of hydrogen-bond acceptors (Lipinski definition) is 4. The van der Waals surface area contributed by atoms with Gasteiger partial charge in [0.2, 0.25) is 10.0 Å². The molecule has 1 unspecified atom stereocenters. The van der Waals surface area contributed by atoms with E-state index in [0.29, 0.717) is 0 Å². The van der Waals surface area contributed by atoms with Crippen LogP contribution in [0.2, 0.25) is 5.02 Å². The highest BCUT2D eigenvalue weighted by molar-refractivity contribution is 9.10. The van der Waals surface area contributed by atoms with Gasteiger partial charge in [-0.15, -0.1) is 0 Å². The zero-order valence-electron chi connectivity index (χ0n) is 10.3. The number of aliphatic carboxylic acids is 1. The third-order valence-corrected chi connectivity index (χ3v) is 4.72. The summed E-state index contributed by atoms with van der Waals surface area (Å²) in [6.07, 6.45) is 0. The number of halogens is 4. The van der Waals surface area contributed by atoms with Gasteiger partial charge in [0.25, 0.3) is 0 Å². The molecule has 0 aromatic heterocycles. The quantitative estimate of drug-likeness (QED) is 0.755. The minimum atomic E-state index is -4.36. The molecule has 118 valence electrons. The maximum absolute atomic E-state index is 12.4. The number of benzene rings is 1. The number of alkyl halides is 2. The van der Waals surface area contributed by atoms with Gasteiger partial charge in [0, 0.05) is 5.02 Å². The van der Waals surface area contributed by atoms with Crippen LogP contribution in [0.3, 0.4) is 0 Å². The van der Waals surface area contributed by atoms with Gasteiger partial charge < -0.3 is 9.84 Å². The molecule has 0 saturated carbocycles. The Labute approximate surface area is 132 Å². The second kappa shape index (κ2) is 6.75. The smallest absolute Gasteiger partial charge is 0.387 e. The lowest BCUT2D eigenvalue weighted by Crippen LogP contribution is -2.32. The SMILES string of the molecule is CC(C(=O)O)S(=O)(=O)Nc1cc(Cl)cc(Br)c1OC(F)F. The average molecular weight is 409 g/mol. The summed E-state index contributed by atoms with van der Waals surface area (Å²) in [5.74, 6) is -2.10. The highest BCUT2D eigenvalue weighted by Gasteiger charge is 2.29. The summed E-state index contributed by atoms with van der Waals surface area (Å²) in [6.45, 7) is -2.28. The summed E-state index contributed by atoms with van der Waals surface area (Å²) < 4.78 is 54.4. The van der Waals surface area contributed by atoms with Crippen molar-refractivity contribution in [1.29, 1.82) is 0 Å². The zero-order chi connectivity index (χ0) is 16.4. The van der Waals surface area contributed by atoms with Crippen molar-refractivity contribution in [2.45, 2.75) is 18.8 Å². The van der Waals surface area contributed by atoms with Crippen LogP contribution in [0, 0.1) is 0 Å². The molecule has 11 heteroatoms. The molecule has 1 aromatic carbocycles. The fraction of sp³-hybridized carbons (Fsp3) is 0.300. The van der Waals surface area contributed by atoms with Crippen molar-refractivity contribution in [3.8, 4) is 5.75 Å². The highest BCUT2D eigenvalue weighted by atomic mass is 79.9. The zero-order valence-corrected chi connectivity index (χ0v) is 13.5. The van der Waals surface area contributed by atoms with Gasteiger partial charge in [-0.2, -0.15) is 8.78 Å². The number of anilines is 1. The first-order valence-corrected chi connectivity index (χ1v) is 7.94. The topological polar surface area (TPSA) is 92.7 Å². The molecule has 0 aliphatic rings. The van der Waals surface area contributed by atoms with Gasteiger partial charge in [-0.25, -0.2) is 8.42 Å². The Hall–Kier alpha value is -1.13. The molecule has 0 fully saturated rings. The third kappa shape index (κ3) is 4.68. The summed E-state index contributed by atoms with van der Waals surface area (Å²) in [5.41, 5.74) is -0.400. The van der Waals surface area contributed by atoms with E-state index in [-0.39, 0.29) is 9.50 Å². The van der Waals surface area contributed by atoms with Crippen molar-refractivity contribution in [1.82, 2.24) is 0 Å². The highest BCUT2D eigenvalue weighted by Crippen LogP contribution is 2.38. The second-order valence-electron chi connectivity index (χ2n) is 3.77. The minimum Gasteiger partial charge on any atom is -0.480 e. The average Bonchev–Trinajstić information content (AvgIpc) is 2.31. The lowest BCUT2D eigenvalue weighted by Gasteiger charge is -2.16. The molecule has 2 N–H and O–H groups in total. The van der Waals surface area contributed by atoms with Gasteiger partial charge in [0.1, 0.15) is 0 Å². The van der Waals surface area contributed by atoms with E-state index in [1.165, 1.54) is 6.07 Å². The van der Waals surface area contributed by atoms with Crippen molar-refractivity contribution in [2.24, 2.45) is 0 Å². The Bertz CT molecular complexity index is 655. The van der Waals surface area contributed by atoms with Crippen LogP contribution in [0.5, 0.6) is 5.75 Å². The largest absolute Gasteiger partial charge is 0.480 e. The Morgan fingerprint density at radius 1 is 1.48 bits per heavy atom. The molecule has 1 rings (SSSR count). The molecule has 0 aliphatic heterocycles. The van der Waals surface area contributed by atoms with Gasteiger partial charge >= 0.3 is 12.6 Å². The van der Waals surface area contributed by atoms with E-state index in [4.69, 9.17) is 16.7 Å². The van der Waals surface area contributed by atoms with Crippen LogP contribution in [-0.2, 0) is 14.8 Å². The number of hydrogen-bond donors (Lipinski definition) is 2. The number of carboxylic acid groups (broad SMARTS) is 1. The third-order valence-electron chi connectivity index (χ3n) is 2.28. The van der Waals surface area contributed by atoms with Gasteiger partial charge in [-0.1, -0.05) is 11.6 Å². The van der Waals surface area contributed by atoms with E-state index in [0.717, 1.165) is 13.0 Å². The van der Waals surface area contributed by atoms with E-state index >= 15 is 0 Å². The summed E-state index contributed by atoms with van der Waals surface area (Å²) >= 11 is 8.61. The second-order valence-corrected chi connectivity index (χ2v) is 7.06. The molecule has 0 saturated heterocycles. The molecule has 0 heterocycles.